The van der Waals surface area contributed by atoms with Crippen molar-refractivity contribution in [1.29, 1.82) is 0 Å². The van der Waals surface area contributed by atoms with E-state index in [4.69, 9.17) is 4.74 Å². The summed E-state index contributed by atoms with van der Waals surface area (Å²) in [5.74, 6) is -0.316. The van der Waals surface area contributed by atoms with Gasteiger partial charge in [-0.25, -0.2) is 0 Å². The Morgan fingerprint density at radius 2 is 1.88 bits per heavy atom. The van der Waals surface area contributed by atoms with Gasteiger partial charge in [-0.3, -0.25) is 24.7 Å². The Morgan fingerprint density at radius 1 is 1.12 bits per heavy atom. The molecule has 3 amide bonds. The van der Waals surface area contributed by atoms with Crippen LogP contribution in [0.1, 0.15) is 60.3 Å². The number of carbonyl (C=O) groups is 3. The summed E-state index contributed by atoms with van der Waals surface area (Å²) in [7, 11) is 0. The molecule has 0 aliphatic carbocycles. The molecule has 0 saturated carbocycles. The van der Waals surface area contributed by atoms with Crippen molar-refractivity contribution < 1.29 is 24.2 Å². The summed E-state index contributed by atoms with van der Waals surface area (Å²) in [5, 5.41) is 13.7. The average Bonchev–Trinajstić information content (AvgIpc) is 3.12. The first-order valence-corrected chi connectivity index (χ1v) is 11.6. The normalized spacial score (nSPS) is 26.8. The molecule has 1 atom stereocenters. The zero-order valence-electron chi connectivity index (χ0n) is 18.2. The molecule has 2 N–H and O–H groups in total. The van der Waals surface area contributed by atoms with Gasteiger partial charge in [-0.1, -0.05) is 0 Å². The minimum atomic E-state index is -1.01. The lowest BCUT2D eigenvalue weighted by atomic mass is 9.86. The number of aliphatic hydroxyl groups is 1. The highest BCUT2D eigenvalue weighted by atomic mass is 16.5. The Hall–Kier alpha value is -2.36. The second-order valence-corrected chi connectivity index (χ2v) is 9.48. The fourth-order valence-corrected chi connectivity index (χ4v) is 5.35. The maximum absolute atomic E-state index is 12.9. The van der Waals surface area contributed by atoms with E-state index in [0.717, 1.165) is 45.7 Å². The molecule has 32 heavy (non-hydrogen) atoms. The van der Waals surface area contributed by atoms with Gasteiger partial charge in [0.1, 0.15) is 11.6 Å². The number of pyridine rings is 1. The third kappa shape index (κ3) is 4.04. The SMILES string of the molecule is O=C1CCC(N2Cc3nc(C4(O)CCN(CC5CCOCC5)CC4)ccc3C2=O)C(=O)N1. The number of ether oxygens (including phenoxy) is 1. The Labute approximate surface area is 187 Å². The van der Waals surface area contributed by atoms with Gasteiger partial charge in [0.25, 0.3) is 5.91 Å². The number of imide groups is 1. The maximum Gasteiger partial charge on any atom is 0.256 e. The van der Waals surface area contributed by atoms with Crippen LogP contribution >= 0.6 is 0 Å². The van der Waals surface area contributed by atoms with Crippen LogP contribution in [-0.4, -0.2) is 76.5 Å². The molecule has 1 aromatic rings. The van der Waals surface area contributed by atoms with Crippen molar-refractivity contribution in [2.24, 2.45) is 5.92 Å². The first kappa shape index (κ1) is 21.5. The summed E-state index contributed by atoms with van der Waals surface area (Å²) in [6.45, 7) is 4.58. The van der Waals surface area contributed by atoms with Crippen molar-refractivity contribution in [2.45, 2.75) is 56.7 Å². The van der Waals surface area contributed by atoms with Gasteiger partial charge in [-0.05, 0) is 50.2 Å². The van der Waals surface area contributed by atoms with E-state index in [1.807, 2.05) is 0 Å². The van der Waals surface area contributed by atoms with Crippen LogP contribution in [0, 0.1) is 5.92 Å². The van der Waals surface area contributed by atoms with Gasteiger partial charge in [-0.2, -0.15) is 0 Å². The summed E-state index contributed by atoms with van der Waals surface area (Å²) >= 11 is 0. The van der Waals surface area contributed by atoms with Crippen LogP contribution in [0.4, 0.5) is 0 Å². The van der Waals surface area contributed by atoms with Crippen LogP contribution in [-0.2, 0) is 26.5 Å². The highest BCUT2D eigenvalue weighted by Crippen LogP contribution is 2.35. The van der Waals surface area contributed by atoms with Crippen molar-refractivity contribution in [1.82, 2.24) is 20.1 Å². The number of amides is 3. The van der Waals surface area contributed by atoms with Crippen molar-refractivity contribution in [3.8, 4) is 0 Å². The summed E-state index contributed by atoms with van der Waals surface area (Å²) in [6.07, 6.45) is 3.96. The van der Waals surface area contributed by atoms with Crippen molar-refractivity contribution in [3.05, 3.63) is 29.1 Å². The molecular formula is C23H30N4O5. The summed E-state index contributed by atoms with van der Waals surface area (Å²) < 4.78 is 5.45. The van der Waals surface area contributed by atoms with E-state index in [9.17, 15) is 19.5 Å². The molecule has 9 heteroatoms. The summed E-state index contributed by atoms with van der Waals surface area (Å²) in [6, 6.07) is 2.81. The molecule has 0 bridgehead atoms. The van der Waals surface area contributed by atoms with Crippen molar-refractivity contribution >= 4 is 17.7 Å². The number of hydrogen-bond acceptors (Lipinski definition) is 7. The highest BCUT2D eigenvalue weighted by Gasteiger charge is 2.41. The fraction of sp³-hybridized carbons (Fsp3) is 0.652. The summed E-state index contributed by atoms with van der Waals surface area (Å²) in [4.78, 5) is 45.1. The molecular weight excluding hydrogens is 412 g/mol. The minimum Gasteiger partial charge on any atom is -0.383 e. The van der Waals surface area contributed by atoms with Gasteiger partial charge in [-0.15, -0.1) is 0 Å². The van der Waals surface area contributed by atoms with Gasteiger partial charge in [0, 0.05) is 39.3 Å². The molecule has 1 aromatic heterocycles. The monoisotopic (exact) mass is 442 g/mol. The van der Waals surface area contributed by atoms with Crippen LogP contribution in [0.5, 0.6) is 0 Å². The Kier molecular flexibility index (Phi) is 5.73. The van der Waals surface area contributed by atoms with Crippen LogP contribution in [0.3, 0.4) is 0 Å². The maximum atomic E-state index is 12.9. The second-order valence-electron chi connectivity index (χ2n) is 9.48. The molecule has 9 nitrogen and oxygen atoms in total. The zero-order chi connectivity index (χ0) is 22.3. The molecule has 1 unspecified atom stereocenters. The molecule has 0 aromatic carbocycles. The molecule has 0 spiro atoms. The number of likely N-dealkylation sites (tertiary alicyclic amines) is 1. The van der Waals surface area contributed by atoms with E-state index in [0.29, 0.717) is 42.1 Å². The molecule has 4 aliphatic heterocycles. The Bertz CT molecular complexity index is 921. The predicted molar refractivity (Wildman–Crippen MR) is 113 cm³/mol. The van der Waals surface area contributed by atoms with Gasteiger partial charge in [0.15, 0.2) is 0 Å². The molecule has 5 rings (SSSR count). The van der Waals surface area contributed by atoms with E-state index < -0.39 is 17.6 Å². The second kappa shape index (κ2) is 8.53. The van der Waals surface area contributed by atoms with Gasteiger partial charge in [0.2, 0.25) is 11.8 Å². The molecule has 172 valence electrons. The third-order valence-electron chi connectivity index (χ3n) is 7.39. The topological polar surface area (TPSA) is 112 Å². The first-order valence-electron chi connectivity index (χ1n) is 11.6. The average molecular weight is 443 g/mol. The summed E-state index contributed by atoms with van der Waals surface area (Å²) in [5.41, 5.74) is 0.654. The Balaban J connectivity index is 1.25. The van der Waals surface area contributed by atoms with Gasteiger partial charge in [0.05, 0.1) is 23.5 Å². The van der Waals surface area contributed by atoms with Crippen molar-refractivity contribution in [3.63, 3.8) is 0 Å². The van der Waals surface area contributed by atoms with Crippen LogP contribution in [0.15, 0.2) is 12.1 Å². The van der Waals surface area contributed by atoms with Crippen LogP contribution in [0.25, 0.3) is 0 Å². The third-order valence-corrected chi connectivity index (χ3v) is 7.39. The Morgan fingerprint density at radius 3 is 2.59 bits per heavy atom. The van der Waals surface area contributed by atoms with Gasteiger partial charge >= 0.3 is 0 Å². The lowest BCUT2D eigenvalue weighted by molar-refractivity contribution is -0.136. The quantitative estimate of drug-likeness (QED) is 0.655. The number of rotatable bonds is 4. The van der Waals surface area contributed by atoms with E-state index in [1.165, 1.54) is 4.90 Å². The molecule has 5 heterocycles. The van der Waals surface area contributed by atoms with E-state index in [-0.39, 0.29) is 24.8 Å². The molecule has 3 saturated heterocycles. The lowest BCUT2D eigenvalue weighted by Crippen LogP contribution is -2.52. The van der Waals surface area contributed by atoms with E-state index >= 15 is 0 Å². The molecule has 4 aliphatic rings. The smallest absolute Gasteiger partial charge is 0.256 e. The number of nitrogens with zero attached hydrogens (tertiary/aromatic N) is 3. The number of hydrogen-bond donors (Lipinski definition) is 2. The number of fused-ring (bicyclic) bond motifs is 1. The van der Waals surface area contributed by atoms with E-state index in [2.05, 4.69) is 15.2 Å². The lowest BCUT2D eigenvalue weighted by Gasteiger charge is -2.39. The largest absolute Gasteiger partial charge is 0.383 e. The zero-order valence-corrected chi connectivity index (χ0v) is 18.2. The highest BCUT2D eigenvalue weighted by molar-refractivity contribution is 6.05. The number of piperidine rings is 2. The predicted octanol–water partition coefficient (Wildman–Crippen LogP) is 0.553. The van der Waals surface area contributed by atoms with Crippen LogP contribution in [0.2, 0.25) is 0 Å². The number of carbonyl (C=O) groups excluding carboxylic acids is 3. The fourth-order valence-electron chi connectivity index (χ4n) is 5.35. The molecule has 0 radical (unpaired) electrons. The number of nitrogens with one attached hydrogen (secondary N) is 1. The molecule has 3 fully saturated rings. The van der Waals surface area contributed by atoms with Gasteiger partial charge < -0.3 is 19.6 Å². The van der Waals surface area contributed by atoms with Crippen molar-refractivity contribution in [2.75, 3.05) is 32.8 Å². The van der Waals surface area contributed by atoms with Crippen LogP contribution < -0.4 is 5.32 Å². The van der Waals surface area contributed by atoms with E-state index in [1.54, 1.807) is 12.1 Å². The standard InChI is InChI=1S/C23H30N4O5/c28-20-4-2-18(21(29)25-20)27-14-17-16(22(27)30)1-3-19(24-17)23(31)7-9-26(10-8-23)13-15-5-11-32-12-6-15/h1,3,15,18,31H,2,4-14H2,(H,25,28,29). The minimum absolute atomic E-state index is 0.222. The first-order chi connectivity index (χ1) is 15.4. The number of aromatic nitrogens is 1.